The third kappa shape index (κ3) is 3.68. The normalized spacial score (nSPS) is 14.3. The lowest BCUT2D eigenvalue weighted by molar-refractivity contribution is 0.0665. The number of aromatic carboxylic acids is 1. The summed E-state index contributed by atoms with van der Waals surface area (Å²) in [4.78, 5) is 10.8. The van der Waals surface area contributed by atoms with Gasteiger partial charge in [-0.25, -0.2) is 4.79 Å². The number of furan rings is 1. The quantitative estimate of drug-likeness (QED) is 0.852. The van der Waals surface area contributed by atoms with Crippen molar-refractivity contribution in [3.8, 4) is 0 Å². The molecule has 5 nitrogen and oxygen atoms in total. The Hall–Kier alpha value is -1.66. The first-order valence-corrected chi connectivity index (χ1v) is 7.97. The predicted octanol–water partition coefficient (Wildman–Crippen LogP) is 1.99. The number of rotatable bonds is 6. The number of carbonyl (C=O) groups is 1. The second-order valence-electron chi connectivity index (χ2n) is 4.81. The topological polar surface area (TPSA) is 79.5 Å². The van der Waals surface area contributed by atoms with Crippen LogP contribution in [-0.4, -0.2) is 33.3 Å². The standard InChI is InChI=1S/C14H17NO4S/c1-9(8-20(2)18)15-7-10-3-4-12-11(5-10)6-13(19-12)14(16)17/h3-6,9,15H,7-8H2,1-2H3,(H,16,17). The Labute approximate surface area is 119 Å². The summed E-state index contributed by atoms with van der Waals surface area (Å²) in [5, 5.41) is 12.9. The third-order valence-corrected chi connectivity index (χ3v) is 3.90. The van der Waals surface area contributed by atoms with Crippen LogP contribution < -0.4 is 5.32 Å². The highest BCUT2D eigenvalue weighted by Crippen LogP contribution is 2.20. The zero-order chi connectivity index (χ0) is 14.7. The van der Waals surface area contributed by atoms with E-state index in [0.717, 1.165) is 10.9 Å². The van der Waals surface area contributed by atoms with E-state index in [1.807, 2.05) is 19.1 Å². The molecule has 6 heteroatoms. The van der Waals surface area contributed by atoms with Gasteiger partial charge in [-0.2, -0.15) is 0 Å². The molecular weight excluding hydrogens is 278 g/mol. The molecule has 1 heterocycles. The van der Waals surface area contributed by atoms with Crippen LogP contribution in [0.5, 0.6) is 0 Å². The molecule has 0 saturated carbocycles. The smallest absolute Gasteiger partial charge is 0.371 e. The number of carboxylic acids is 1. The fourth-order valence-corrected chi connectivity index (χ4v) is 2.83. The Kier molecular flexibility index (Phi) is 4.57. The lowest BCUT2D eigenvalue weighted by Gasteiger charge is -2.12. The van der Waals surface area contributed by atoms with Crippen LogP contribution >= 0.6 is 0 Å². The summed E-state index contributed by atoms with van der Waals surface area (Å²) in [5.41, 5.74) is 1.60. The molecule has 0 aliphatic heterocycles. The van der Waals surface area contributed by atoms with Gasteiger partial charge in [-0.15, -0.1) is 0 Å². The first kappa shape index (κ1) is 14.7. The highest BCUT2D eigenvalue weighted by Gasteiger charge is 2.11. The summed E-state index contributed by atoms with van der Waals surface area (Å²) in [7, 11) is -0.821. The van der Waals surface area contributed by atoms with Crippen LogP contribution in [0.2, 0.25) is 0 Å². The first-order chi connectivity index (χ1) is 9.45. The first-order valence-electron chi connectivity index (χ1n) is 6.25. The Morgan fingerprint density at radius 2 is 2.20 bits per heavy atom. The molecule has 0 spiro atoms. The molecule has 0 aliphatic rings. The van der Waals surface area contributed by atoms with Gasteiger partial charge in [0, 0.05) is 40.8 Å². The minimum absolute atomic E-state index is 0.0557. The van der Waals surface area contributed by atoms with Gasteiger partial charge in [-0.3, -0.25) is 4.21 Å². The number of benzene rings is 1. The highest BCUT2D eigenvalue weighted by atomic mass is 32.2. The van der Waals surface area contributed by atoms with Crippen LogP contribution in [-0.2, 0) is 17.3 Å². The zero-order valence-corrected chi connectivity index (χ0v) is 12.2. The molecule has 20 heavy (non-hydrogen) atoms. The summed E-state index contributed by atoms with van der Waals surface area (Å²) in [5.74, 6) is -0.517. The molecular formula is C14H17NO4S. The molecule has 0 bridgehead atoms. The maximum Gasteiger partial charge on any atom is 0.371 e. The Balaban J connectivity index is 2.07. The van der Waals surface area contributed by atoms with Gasteiger partial charge in [0.25, 0.3) is 0 Å². The molecule has 2 unspecified atom stereocenters. The minimum atomic E-state index is -1.07. The number of hydrogen-bond donors (Lipinski definition) is 2. The van der Waals surface area contributed by atoms with Crippen LogP contribution in [0.15, 0.2) is 28.7 Å². The Morgan fingerprint density at radius 3 is 2.85 bits per heavy atom. The predicted molar refractivity (Wildman–Crippen MR) is 78.4 cm³/mol. The summed E-state index contributed by atoms with van der Waals surface area (Å²) in [6.45, 7) is 2.63. The Bertz CT molecular complexity index is 650. The summed E-state index contributed by atoms with van der Waals surface area (Å²) >= 11 is 0. The largest absolute Gasteiger partial charge is 0.475 e. The molecule has 2 aromatic rings. The van der Waals surface area contributed by atoms with Crippen LogP contribution in [0.25, 0.3) is 11.0 Å². The molecule has 0 amide bonds. The van der Waals surface area contributed by atoms with Gasteiger partial charge in [0.2, 0.25) is 5.76 Å². The van der Waals surface area contributed by atoms with E-state index in [2.05, 4.69) is 5.32 Å². The lowest BCUT2D eigenvalue weighted by atomic mass is 10.1. The SMILES string of the molecule is CC(CS(C)=O)NCc1ccc2oc(C(=O)O)cc2c1. The van der Waals surface area contributed by atoms with E-state index in [1.165, 1.54) is 6.07 Å². The summed E-state index contributed by atoms with van der Waals surface area (Å²) in [6, 6.07) is 7.23. The van der Waals surface area contributed by atoms with Crippen molar-refractivity contribution in [3.63, 3.8) is 0 Å². The maximum atomic E-state index is 11.1. The van der Waals surface area contributed by atoms with Crippen molar-refractivity contribution in [2.24, 2.45) is 0 Å². The van der Waals surface area contributed by atoms with Crippen molar-refractivity contribution in [2.45, 2.75) is 19.5 Å². The van der Waals surface area contributed by atoms with E-state index in [1.54, 1.807) is 12.3 Å². The van der Waals surface area contributed by atoms with Crippen molar-refractivity contribution >= 4 is 27.7 Å². The third-order valence-electron chi connectivity index (χ3n) is 2.93. The molecule has 108 valence electrons. The van der Waals surface area contributed by atoms with Crippen LogP contribution in [0.1, 0.15) is 23.0 Å². The highest BCUT2D eigenvalue weighted by molar-refractivity contribution is 7.84. The number of fused-ring (bicyclic) bond motifs is 1. The molecule has 1 aromatic carbocycles. The molecule has 2 rings (SSSR count). The van der Waals surface area contributed by atoms with Crippen molar-refractivity contribution in [2.75, 3.05) is 12.0 Å². The van der Waals surface area contributed by atoms with E-state index in [9.17, 15) is 9.00 Å². The van der Waals surface area contributed by atoms with Crippen molar-refractivity contribution in [1.82, 2.24) is 5.32 Å². The van der Waals surface area contributed by atoms with Crippen LogP contribution in [0.4, 0.5) is 0 Å². The molecule has 0 aliphatic carbocycles. The van der Waals surface area contributed by atoms with Crippen LogP contribution in [0, 0.1) is 0 Å². The van der Waals surface area contributed by atoms with Gasteiger partial charge in [0.1, 0.15) is 5.58 Å². The molecule has 0 fully saturated rings. The molecule has 2 N–H and O–H groups in total. The van der Waals surface area contributed by atoms with E-state index in [0.29, 0.717) is 17.9 Å². The number of hydrogen-bond acceptors (Lipinski definition) is 4. The van der Waals surface area contributed by atoms with E-state index in [4.69, 9.17) is 9.52 Å². The molecule has 0 radical (unpaired) electrons. The molecule has 2 atom stereocenters. The van der Waals surface area contributed by atoms with E-state index < -0.39 is 16.8 Å². The molecule has 1 aromatic heterocycles. The fourth-order valence-electron chi connectivity index (χ4n) is 2.01. The van der Waals surface area contributed by atoms with Gasteiger partial charge < -0.3 is 14.8 Å². The Morgan fingerprint density at radius 1 is 1.45 bits per heavy atom. The average molecular weight is 295 g/mol. The monoisotopic (exact) mass is 295 g/mol. The van der Waals surface area contributed by atoms with Gasteiger partial charge in [-0.1, -0.05) is 6.07 Å². The van der Waals surface area contributed by atoms with E-state index >= 15 is 0 Å². The van der Waals surface area contributed by atoms with Crippen molar-refractivity contribution < 1.29 is 18.5 Å². The lowest BCUT2D eigenvalue weighted by Crippen LogP contribution is -2.30. The second kappa shape index (κ2) is 6.19. The van der Waals surface area contributed by atoms with Crippen LogP contribution in [0.3, 0.4) is 0 Å². The fraction of sp³-hybridized carbons (Fsp3) is 0.357. The zero-order valence-electron chi connectivity index (χ0n) is 11.4. The van der Waals surface area contributed by atoms with Gasteiger partial charge in [0.05, 0.1) is 0 Å². The minimum Gasteiger partial charge on any atom is -0.475 e. The maximum absolute atomic E-state index is 11.1. The number of nitrogens with one attached hydrogen (secondary N) is 1. The second-order valence-corrected chi connectivity index (χ2v) is 6.29. The summed E-state index contributed by atoms with van der Waals surface area (Å²) < 4.78 is 16.3. The average Bonchev–Trinajstić information content (AvgIpc) is 2.78. The van der Waals surface area contributed by atoms with Crippen molar-refractivity contribution in [3.05, 3.63) is 35.6 Å². The molecule has 0 saturated heterocycles. The number of carboxylic acid groups (broad SMARTS) is 1. The van der Waals surface area contributed by atoms with Gasteiger partial charge >= 0.3 is 5.97 Å². The van der Waals surface area contributed by atoms with Gasteiger partial charge in [-0.05, 0) is 30.7 Å². The van der Waals surface area contributed by atoms with Gasteiger partial charge in [0.15, 0.2) is 0 Å². The van der Waals surface area contributed by atoms with E-state index in [-0.39, 0.29) is 11.8 Å². The summed E-state index contributed by atoms with van der Waals surface area (Å²) in [6.07, 6.45) is 1.68. The van der Waals surface area contributed by atoms with Crippen molar-refractivity contribution in [1.29, 1.82) is 0 Å².